The van der Waals surface area contributed by atoms with E-state index in [1.54, 1.807) is 32.6 Å². The third kappa shape index (κ3) is 7.76. The van der Waals surface area contributed by atoms with Gasteiger partial charge in [-0.1, -0.05) is 38.0 Å². The van der Waals surface area contributed by atoms with Crippen LogP contribution in [0.4, 0.5) is 4.79 Å². The van der Waals surface area contributed by atoms with Gasteiger partial charge in [-0.25, -0.2) is 4.79 Å². The van der Waals surface area contributed by atoms with Crippen molar-refractivity contribution >= 4 is 17.9 Å². The number of carbonyl (C=O) groups is 3. The normalized spacial score (nSPS) is 15.4. The number of alkyl carbamates (subject to hydrolysis) is 1. The molecule has 0 heterocycles. The Balaban J connectivity index is 2.34. The van der Waals surface area contributed by atoms with Crippen LogP contribution in [0, 0.1) is 13.8 Å². The Hall–Kier alpha value is -2.57. The molecule has 2 rings (SSSR count). The van der Waals surface area contributed by atoms with Gasteiger partial charge < -0.3 is 20.3 Å². The predicted molar refractivity (Wildman–Crippen MR) is 130 cm³/mol. The molecule has 1 aliphatic rings. The number of unbranched alkanes of at least 4 members (excludes halogenated alkanes) is 2. The standard InChI is InChI=1S/C26H41N3O4/c1-8-9-10-16-27-23(30)22(21-17(2)12-11-13-18(21)3)29(20-14-15-20)24(31)19(4)28-25(32)33-26(5,6)7/h11-13,19-20,22H,8-10,14-16H2,1-7H3,(H,27,30)(H,28,32). The van der Waals surface area contributed by atoms with Crippen LogP contribution in [0.15, 0.2) is 18.2 Å². The van der Waals surface area contributed by atoms with E-state index in [1.165, 1.54) is 0 Å². The van der Waals surface area contributed by atoms with E-state index in [2.05, 4.69) is 17.6 Å². The summed E-state index contributed by atoms with van der Waals surface area (Å²) in [6.45, 7) is 13.6. The average Bonchev–Trinajstić information content (AvgIpc) is 3.53. The fraction of sp³-hybridized carbons (Fsp3) is 0.654. The molecule has 3 amide bonds. The maximum Gasteiger partial charge on any atom is 0.408 e. The molecular formula is C26H41N3O4. The molecule has 1 saturated carbocycles. The summed E-state index contributed by atoms with van der Waals surface area (Å²) in [5.41, 5.74) is 2.13. The van der Waals surface area contributed by atoms with Gasteiger partial charge in [0.1, 0.15) is 17.7 Å². The van der Waals surface area contributed by atoms with Crippen LogP contribution >= 0.6 is 0 Å². The van der Waals surface area contributed by atoms with Crippen molar-refractivity contribution < 1.29 is 19.1 Å². The molecule has 0 bridgehead atoms. The van der Waals surface area contributed by atoms with Crippen LogP contribution in [0.1, 0.15) is 89.5 Å². The number of hydrogen-bond donors (Lipinski definition) is 2. The minimum atomic E-state index is -0.819. The lowest BCUT2D eigenvalue weighted by molar-refractivity contribution is -0.143. The molecule has 0 radical (unpaired) electrons. The number of benzene rings is 1. The summed E-state index contributed by atoms with van der Waals surface area (Å²) in [5, 5.41) is 5.70. The molecular weight excluding hydrogens is 418 g/mol. The number of ether oxygens (including phenoxy) is 1. The summed E-state index contributed by atoms with van der Waals surface area (Å²) in [5.74, 6) is -0.451. The smallest absolute Gasteiger partial charge is 0.408 e. The molecule has 1 aromatic carbocycles. The number of nitrogens with zero attached hydrogens (tertiary/aromatic N) is 1. The number of carbonyl (C=O) groups excluding carboxylic acids is 3. The van der Waals surface area contributed by atoms with Crippen molar-refractivity contribution in [2.45, 2.75) is 104 Å². The molecule has 0 saturated heterocycles. The molecule has 2 atom stereocenters. The first-order chi connectivity index (χ1) is 15.5. The molecule has 0 aromatic heterocycles. The average molecular weight is 460 g/mol. The summed E-state index contributed by atoms with van der Waals surface area (Å²) in [6, 6.07) is 4.32. The fourth-order valence-electron chi connectivity index (χ4n) is 3.98. The Bertz CT molecular complexity index is 822. The van der Waals surface area contributed by atoms with Crippen LogP contribution in [0.3, 0.4) is 0 Å². The van der Waals surface area contributed by atoms with Crippen LogP contribution in [-0.2, 0) is 14.3 Å². The second-order valence-corrected chi connectivity index (χ2v) is 10.1. The van der Waals surface area contributed by atoms with Crippen LogP contribution < -0.4 is 10.6 Å². The summed E-state index contributed by atoms with van der Waals surface area (Å²) in [7, 11) is 0. The summed E-state index contributed by atoms with van der Waals surface area (Å²) in [4.78, 5) is 41.1. The highest BCUT2D eigenvalue weighted by atomic mass is 16.6. The van der Waals surface area contributed by atoms with Crippen LogP contribution in [-0.4, -0.2) is 47.0 Å². The molecule has 2 unspecified atom stereocenters. The van der Waals surface area contributed by atoms with Gasteiger partial charge in [0.25, 0.3) is 0 Å². The van der Waals surface area contributed by atoms with E-state index in [0.29, 0.717) is 6.54 Å². The van der Waals surface area contributed by atoms with Gasteiger partial charge in [0.05, 0.1) is 0 Å². The van der Waals surface area contributed by atoms with Crippen molar-refractivity contribution in [2.75, 3.05) is 6.54 Å². The Morgan fingerprint density at radius 1 is 1.12 bits per heavy atom. The highest BCUT2D eigenvalue weighted by molar-refractivity contribution is 5.92. The molecule has 7 nitrogen and oxygen atoms in total. The van der Waals surface area contributed by atoms with Crippen LogP contribution in [0.2, 0.25) is 0 Å². The molecule has 0 aliphatic heterocycles. The SMILES string of the molecule is CCCCCNC(=O)C(c1c(C)cccc1C)N(C(=O)C(C)NC(=O)OC(C)(C)C)C1CC1. The first-order valence-corrected chi connectivity index (χ1v) is 12.1. The third-order valence-electron chi connectivity index (χ3n) is 5.72. The number of nitrogens with one attached hydrogen (secondary N) is 2. The minimum absolute atomic E-state index is 0.0224. The largest absolute Gasteiger partial charge is 0.444 e. The van der Waals surface area contributed by atoms with Gasteiger partial charge in [0.15, 0.2) is 0 Å². The van der Waals surface area contributed by atoms with E-state index >= 15 is 0 Å². The molecule has 1 aromatic rings. The van der Waals surface area contributed by atoms with Crippen molar-refractivity contribution in [2.24, 2.45) is 0 Å². The Kier molecular flexibility index (Phi) is 9.32. The number of amides is 3. The van der Waals surface area contributed by atoms with E-state index in [4.69, 9.17) is 4.74 Å². The number of aryl methyl sites for hydroxylation is 2. The second-order valence-electron chi connectivity index (χ2n) is 10.1. The van der Waals surface area contributed by atoms with E-state index in [-0.39, 0.29) is 17.9 Å². The number of rotatable bonds is 10. The first kappa shape index (κ1) is 26.7. The van der Waals surface area contributed by atoms with Gasteiger partial charge in [0.2, 0.25) is 11.8 Å². The maximum atomic E-state index is 13.6. The predicted octanol–water partition coefficient (Wildman–Crippen LogP) is 4.56. The lowest BCUT2D eigenvalue weighted by Gasteiger charge is -2.35. The Morgan fingerprint density at radius 3 is 2.24 bits per heavy atom. The minimum Gasteiger partial charge on any atom is -0.444 e. The first-order valence-electron chi connectivity index (χ1n) is 12.1. The highest BCUT2D eigenvalue weighted by Crippen LogP contribution is 2.37. The van der Waals surface area contributed by atoms with Gasteiger partial charge in [0, 0.05) is 12.6 Å². The summed E-state index contributed by atoms with van der Waals surface area (Å²) < 4.78 is 5.32. The van der Waals surface area contributed by atoms with Crippen molar-refractivity contribution in [1.82, 2.24) is 15.5 Å². The highest BCUT2D eigenvalue weighted by Gasteiger charge is 2.43. The third-order valence-corrected chi connectivity index (χ3v) is 5.72. The molecule has 33 heavy (non-hydrogen) atoms. The van der Waals surface area contributed by atoms with Crippen molar-refractivity contribution in [1.29, 1.82) is 0 Å². The molecule has 7 heteroatoms. The van der Waals surface area contributed by atoms with Gasteiger partial charge in [-0.15, -0.1) is 0 Å². The zero-order chi connectivity index (χ0) is 24.8. The van der Waals surface area contributed by atoms with E-state index in [0.717, 1.165) is 48.8 Å². The molecule has 1 aliphatic carbocycles. The molecule has 0 spiro atoms. The summed E-state index contributed by atoms with van der Waals surface area (Å²) in [6.07, 6.45) is 4.04. The van der Waals surface area contributed by atoms with E-state index in [1.807, 2.05) is 32.0 Å². The molecule has 1 fully saturated rings. The maximum absolute atomic E-state index is 13.6. The van der Waals surface area contributed by atoms with Crippen molar-refractivity contribution in [3.63, 3.8) is 0 Å². The lowest BCUT2D eigenvalue weighted by Crippen LogP contribution is -2.53. The topological polar surface area (TPSA) is 87.7 Å². The monoisotopic (exact) mass is 459 g/mol. The van der Waals surface area contributed by atoms with Gasteiger partial charge in [-0.05, 0) is 77.5 Å². The van der Waals surface area contributed by atoms with Crippen molar-refractivity contribution in [3.8, 4) is 0 Å². The van der Waals surface area contributed by atoms with Crippen molar-refractivity contribution in [3.05, 3.63) is 34.9 Å². The van der Waals surface area contributed by atoms with E-state index in [9.17, 15) is 14.4 Å². The zero-order valence-corrected chi connectivity index (χ0v) is 21.3. The fourth-order valence-corrected chi connectivity index (χ4v) is 3.98. The Morgan fingerprint density at radius 2 is 1.73 bits per heavy atom. The summed E-state index contributed by atoms with van der Waals surface area (Å²) >= 11 is 0. The molecule has 184 valence electrons. The quantitative estimate of drug-likeness (QED) is 0.502. The zero-order valence-electron chi connectivity index (χ0n) is 21.3. The Labute approximate surface area is 198 Å². The van der Waals surface area contributed by atoms with Crippen LogP contribution in [0.25, 0.3) is 0 Å². The van der Waals surface area contributed by atoms with Gasteiger partial charge >= 0.3 is 6.09 Å². The second kappa shape index (κ2) is 11.5. The molecule has 2 N–H and O–H groups in total. The van der Waals surface area contributed by atoms with E-state index < -0.39 is 23.8 Å². The number of hydrogen-bond acceptors (Lipinski definition) is 4. The lowest BCUT2D eigenvalue weighted by atomic mass is 9.93. The van der Waals surface area contributed by atoms with Crippen LogP contribution in [0.5, 0.6) is 0 Å². The van der Waals surface area contributed by atoms with Gasteiger partial charge in [-0.3, -0.25) is 9.59 Å². The van der Waals surface area contributed by atoms with Gasteiger partial charge in [-0.2, -0.15) is 0 Å².